The van der Waals surface area contributed by atoms with Crippen molar-refractivity contribution in [3.63, 3.8) is 0 Å². The Kier molecular flexibility index (Phi) is 5.28. The van der Waals surface area contributed by atoms with Crippen LogP contribution in [0.15, 0.2) is 42.6 Å². The first kappa shape index (κ1) is 16.3. The molecule has 0 radical (unpaired) electrons. The van der Waals surface area contributed by atoms with Crippen molar-refractivity contribution in [1.29, 1.82) is 0 Å². The van der Waals surface area contributed by atoms with Gasteiger partial charge in [0.2, 0.25) is 0 Å². The van der Waals surface area contributed by atoms with E-state index in [1.807, 2.05) is 30.3 Å². The van der Waals surface area contributed by atoms with Crippen LogP contribution in [0.2, 0.25) is 0 Å². The monoisotopic (exact) mass is 327 g/mol. The van der Waals surface area contributed by atoms with E-state index in [0.717, 1.165) is 36.6 Å². The fourth-order valence-electron chi connectivity index (χ4n) is 2.55. The highest BCUT2D eigenvalue weighted by atomic mass is 16.5. The van der Waals surface area contributed by atoms with E-state index in [1.54, 1.807) is 19.4 Å². The lowest BCUT2D eigenvalue weighted by atomic mass is 10.2. The van der Waals surface area contributed by atoms with E-state index >= 15 is 0 Å². The molecular weight excluding hydrogens is 306 g/mol. The predicted molar refractivity (Wildman–Crippen MR) is 91.8 cm³/mol. The molecule has 1 aromatic heterocycles. The Balaban J connectivity index is 1.54. The number of ether oxygens (including phenoxy) is 2. The third kappa shape index (κ3) is 4.23. The van der Waals surface area contributed by atoms with E-state index in [4.69, 9.17) is 9.47 Å². The van der Waals surface area contributed by atoms with Crippen LogP contribution in [-0.4, -0.2) is 37.3 Å². The molecule has 6 heteroatoms. The molecule has 1 amide bonds. The van der Waals surface area contributed by atoms with Crippen molar-refractivity contribution in [2.45, 2.75) is 18.9 Å². The number of benzene rings is 1. The van der Waals surface area contributed by atoms with Gasteiger partial charge >= 0.3 is 0 Å². The highest BCUT2D eigenvalue weighted by Gasteiger charge is 2.17. The van der Waals surface area contributed by atoms with Crippen LogP contribution < -0.4 is 15.4 Å². The number of nitrogens with one attached hydrogen (secondary N) is 2. The number of carbonyl (C=O) groups excluding carboxylic acids is 1. The largest absolute Gasteiger partial charge is 0.497 e. The fourth-order valence-corrected chi connectivity index (χ4v) is 2.55. The third-order valence-corrected chi connectivity index (χ3v) is 3.89. The molecule has 1 atom stereocenters. The molecule has 1 fully saturated rings. The van der Waals surface area contributed by atoms with Gasteiger partial charge in [-0.05, 0) is 49.2 Å². The molecule has 0 spiro atoms. The maximum Gasteiger partial charge on any atom is 0.269 e. The molecule has 0 aliphatic carbocycles. The molecule has 2 heterocycles. The summed E-state index contributed by atoms with van der Waals surface area (Å²) in [6, 6.07) is 11.1. The van der Waals surface area contributed by atoms with Gasteiger partial charge in [0.05, 0.1) is 25.1 Å². The average Bonchev–Trinajstić information content (AvgIpc) is 3.14. The molecule has 1 saturated heterocycles. The fraction of sp³-hybridized carbons (Fsp3) is 0.333. The van der Waals surface area contributed by atoms with Gasteiger partial charge in [-0.15, -0.1) is 0 Å². The molecule has 6 nitrogen and oxygen atoms in total. The second kappa shape index (κ2) is 7.79. The molecule has 1 aromatic carbocycles. The molecular formula is C18H21N3O3. The van der Waals surface area contributed by atoms with Gasteiger partial charge < -0.3 is 20.1 Å². The smallest absolute Gasteiger partial charge is 0.269 e. The van der Waals surface area contributed by atoms with Crippen LogP contribution in [0.3, 0.4) is 0 Å². The van der Waals surface area contributed by atoms with Crippen LogP contribution in [0.4, 0.5) is 11.4 Å². The van der Waals surface area contributed by atoms with Crippen LogP contribution >= 0.6 is 0 Å². The maximum atomic E-state index is 12.1. The van der Waals surface area contributed by atoms with Crippen molar-refractivity contribution in [2.75, 3.05) is 25.6 Å². The third-order valence-electron chi connectivity index (χ3n) is 3.89. The zero-order valence-corrected chi connectivity index (χ0v) is 13.6. The Hall–Kier alpha value is -2.60. The number of anilines is 2. The summed E-state index contributed by atoms with van der Waals surface area (Å²) in [7, 11) is 1.63. The van der Waals surface area contributed by atoms with Gasteiger partial charge in [0.15, 0.2) is 0 Å². The second-order valence-corrected chi connectivity index (χ2v) is 5.63. The summed E-state index contributed by atoms with van der Waals surface area (Å²) in [6.45, 7) is 1.32. The zero-order chi connectivity index (χ0) is 16.8. The zero-order valence-electron chi connectivity index (χ0n) is 13.6. The Morgan fingerprint density at radius 2 is 2.04 bits per heavy atom. The van der Waals surface area contributed by atoms with Crippen molar-refractivity contribution in [3.05, 3.63) is 48.3 Å². The minimum Gasteiger partial charge on any atom is -0.497 e. The first-order valence-corrected chi connectivity index (χ1v) is 8.01. The number of pyridine rings is 1. The van der Waals surface area contributed by atoms with Crippen LogP contribution in [0, 0.1) is 0 Å². The molecule has 24 heavy (non-hydrogen) atoms. The van der Waals surface area contributed by atoms with Crippen LogP contribution in [0.25, 0.3) is 0 Å². The number of aromatic nitrogens is 1. The molecule has 1 aliphatic rings. The summed E-state index contributed by atoms with van der Waals surface area (Å²) >= 11 is 0. The first-order valence-electron chi connectivity index (χ1n) is 8.01. The number of rotatable bonds is 6. The van der Waals surface area contributed by atoms with Crippen molar-refractivity contribution >= 4 is 17.3 Å². The predicted octanol–water partition coefficient (Wildman–Crippen LogP) is 2.74. The summed E-state index contributed by atoms with van der Waals surface area (Å²) < 4.78 is 10.6. The molecule has 1 aliphatic heterocycles. The number of methoxy groups -OCH3 is 1. The maximum absolute atomic E-state index is 12.1. The number of amides is 1. The summed E-state index contributed by atoms with van der Waals surface area (Å²) in [5, 5.41) is 6.09. The average molecular weight is 327 g/mol. The van der Waals surface area contributed by atoms with Crippen LogP contribution in [0.1, 0.15) is 23.3 Å². The lowest BCUT2D eigenvalue weighted by Crippen LogP contribution is -2.32. The quantitative estimate of drug-likeness (QED) is 0.853. The standard InChI is InChI=1S/C18H21N3O3/c1-23-15-7-4-13(5-8-15)21-14-6-9-17(19-11-14)18(22)20-12-16-3-2-10-24-16/h4-9,11,16,21H,2-3,10,12H2,1H3,(H,20,22). The topological polar surface area (TPSA) is 72.5 Å². The van der Waals surface area contributed by atoms with Gasteiger partial charge in [0.1, 0.15) is 11.4 Å². The van der Waals surface area contributed by atoms with Gasteiger partial charge in [0.25, 0.3) is 5.91 Å². The molecule has 1 unspecified atom stereocenters. The van der Waals surface area contributed by atoms with Crippen LogP contribution in [0.5, 0.6) is 5.75 Å². The minimum absolute atomic E-state index is 0.130. The molecule has 2 N–H and O–H groups in total. The lowest BCUT2D eigenvalue weighted by Gasteiger charge is -2.11. The van der Waals surface area contributed by atoms with E-state index in [1.165, 1.54) is 0 Å². The van der Waals surface area contributed by atoms with Gasteiger partial charge in [-0.3, -0.25) is 4.79 Å². The molecule has 0 bridgehead atoms. The summed E-state index contributed by atoms with van der Waals surface area (Å²) in [5.74, 6) is 0.624. The highest BCUT2D eigenvalue weighted by molar-refractivity contribution is 5.92. The Morgan fingerprint density at radius 1 is 1.25 bits per heavy atom. The number of carbonyl (C=O) groups is 1. The SMILES string of the molecule is COc1ccc(Nc2ccc(C(=O)NCC3CCCO3)nc2)cc1. The Bertz CT molecular complexity index is 665. The number of hydrogen-bond acceptors (Lipinski definition) is 5. The highest BCUT2D eigenvalue weighted by Crippen LogP contribution is 2.19. The van der Waals surface area contributed by atoms with Gasteiger partial charge in [-0.1, -0.05) is 0 Å². The van der Waals surface area contributed by atoms with E-state index in [0.29, 0.717) is 12.2 Å². The summed E-state index contributed by atoms with van der Waals surface area (Å²) in [6.07, 6.45) is 3.83. The molecule has 0 saturated carbocycles. The minimum atomic E-state index is -0.179. The normalized spacial score (nSPS) is 16.6. The van der Waals surface area contributed by atoms with Crippen molar-refractivity contribution < 1.29 is 14.3 Å². The lowest BCUT2D eigenvalue weighted by molar-refractivity contribution is 0.0854. The summed E-state index contributed by atoms with van der Waals surface area (Å²) in [5.41, 5.74) is 2.14. The van der Waals surface area contributed by atoms with Crippen molar-refractivity contribution in [2.24, 2.45) is 0 Å². The van der Waals surface area contributed by atoms with Gasteiger partial charge in [-0.25, -0.2) is 4.98 Å². The van der Waals surface area contributed by atoms with Crippen LogP contribution in [-0.2, 0) is 4.74 Å². The molecule has 3 rings (SSSR count). The first-order chi connectivity index (χ1) is 11.7. The van der Waals surface area contributed by atoms with E-state index in [2.05, 4.69) is 15.6 Å². The number of hydrogen-bond donors (Lipinski definition) is 2. The second-order valence-electron chi connectivity index (χ2n) is 5.63. The van der Waals surface area contributed by atoms with Gasteiger partial charge in [-0.2, -0.15) is 0 Å². The van der Waals surface area contributed by atoms with E-state index in [-0.39, 0.29) is 12.0 Å². The van der Waals surface area contributed by atoms with Gasteiger partial charge in [0, 0.05) is 18.8 Å². The van der Waals surface area contributed by atoms with Crippen molar-refractivity contribution in [1.82, 2.24) is 10.3 Å². The molecule has 126 valence electrons. The van der Waals surface area contributed by atoms with Crippen molar-refractivity contribution in [3.8, 4) is 5.75 Å². The Labute approximate surface area is 141 Å². The van der Waals surface area contributed by atoms with E-state index in [9.17, 15) is 4.79 Å². The Morgan fingerprint density at radius 3 is 2.67 bits per heavy atom. The number of nitrogens with zero attached hydrogens (tertiary/aromatic N) is 1. The molecule has 2 aromatic rings. The summed E-state index contributed by atoms with van der Waals surface area (Å²) in [4.78, 5) is 16.3. The van der Waals surface area contributed by atoms with E-state index < -0.39 is 0 Å².